The molecule has 1 aromatic rings. The topological polar surface area (TPSA) is 186 Å². The molecule has 11 nitrogen and oxygen atoms in total. The Morgan fingerprint density at radius 2 is 1.82 bits per heavy atom. The summed E-state index contributed by atoms with van der Waals surface area (Å²) < 4.78 is 17.3. The number of methoxy groups -OCH3 is 1. The lowest BCUT2D eigenvalue weighted by Crippen LogP contribution is -2.54. The lowest BCUT2D eigenvalue weighted by atomic mass is 9.68. The van der Waals surface area contributed by atoms with Crippen molar-refractivity contribution < 1.29 is 49.0 Å². The summed E-state index contributed by atoms with van der Waals surface area (Å²) in [7, 11) is 1.46. The van der Waals surface area contributed by atoms with Crippen molar-refractivity contribution in [3.63, 3.8) is 0 Å². The number of aliphatic hydroxyl groups is 2. The van der Waals surface area contributed by atoms with Gasteiger partial charge in [-0.25, -0.2) is 0 Å². The maximum atomic E-state index is 14.0. The third kappa shape index (κ3) is 4.00. The van der Waals surface area contributed by atoms with Gasteiger partial charge in [0.1, 0.15) is 17.1 Å². The summed E-state index contributed by atoms with van der Waals surface area (Å²) in [5.74, 6) is -2.95. The second-order valence-corrected chi connectivity index (χ2v) is 10.8. The Balaban J connectivity index is 1.63. The lowest BCUT2D eigenvalue weighted by molar-refractivity contribution is -0.239. The molecule has 0 saturated carbocycles. The van der Waals surface area contributed by atoms with Crippen molar-refractivity contribution in [1.82, 2.24) is 0 Å². The van der Waals surface area contributed by atoms with E-state index in [0.717, 1.165) is 0 Å². The molecule has 206 valence electrons. The van der Waals surface area contributed by atoms with Crippen LogP contribution in [0.4, 0.5) is 0 Å². The fourth-order valence-corrected chi connectivity index (χ4v) is 6.25. The van der Waals surface area contributed by atoms with Gasteiger partial charge in [0, 0.05) is 54.7 Å². The van der Waals surface area contributed by atoms with Crippen LogP contribution in [0.25, 0.3) is 0 Å². The number of aliphatic hydroxyl groups excluding tert-OH is 1. The van der Waals surface area contributed by atoms with Crippen molar-refractivity contribution in [2.45, 2.75) is 94.7 Å². The summed E-state index contributed by atoms with van der Waals surface area (Å²) in [4.78, 5) is 40.3. The third-order valence-electron chi connectivity index (χ3n) is 8.42. The van der Waals surface area contributed by atoms with Gasteiger partial charge in [0.15, 0.2) is 23.6 Å². The van der Waals surface area contributed by atoms with Gasteiger partial charge in [0.2, 0.25) is 0 Å². The summed E-state index contributed by atoms with van der Waals surface area (Å²) in [6.45, 7) is 2.79. The van der Waals surface area contributed by atoms with Gasteiger partial charge in [-0.3, -0.25) is 14.4 Å². The Morgan fingerprint density at radius 1 is 1.13 bits per heavy atom. The molecule has 1 unspecified atom stereocenters. The molecule has 1 fully saturated rings. The molecule has 1 aliphatic heterocycles. The molecule has 1 heterocycles. The van der Waals surface area contributed by atoms with Crippen LogP contribution in [0.2, 0.25) is 0 Å². The number of nitrogens with two attached hydrogens (primary N) is 1. The van der Waals surface area contributed by atoms with E-state index in [0.29, 0.717) is 24.8 Å². The number of hydrogen-bond acceptors (Lipinski definition) is 11. The molecular formula is C27H33NO10. The predicted octanol–water partition coefficient (Wildman–Crippen LogP) is 1.12. The molecule has 0 radical (unpaired) electrons. The van der Waals surface area contributed by atoms with E-state index in [2.05, 4.69) is 0 Å². The highest BCUT2D eigenvalue weighted by molar-refractivity contribution is 6.30. The number of carbonyl (C=O) groups is 3. The molecule has 0 aromatic heterocycles. The second kappa shape index (κ2) is 9.51. The zero-order chi connectivity index (χ0) is 27.7. The van der Waals surface area contributed by atoms with Gasteiger partial charge in [0.25, 0.3) is 0 Å². The van der Waals surface area contributed by atoms with Gasteiger partial charge >= 0.3 is 0 Å². The minimum absolute atomic E-state index is 0.0664. The SMILES string of the molecule is COC1CCCc2c(O)c3c(c(O)c21)C(=O)C1=C(C[C@@](O)(C(C)=O)C[C@@H]1O[C@H]1C[C@@H](N)[C@H](O)[C@H](C)O1)C3=O. The Hall–Kier alpha value is -2.67. The number of benzene rings is 1. The standard InChI is InChI=1S/C27H33NO10/c1-10-22(30)14(28)7-17(37-10)38-16-9-27(35,11(2)29)8-13-19(16)26(34)21-20(24(13)32)23(31)12-5-4-6-15(36-3)18(12)25(21)33/h10,14-17,22,30-31,33,35H,4-9,28H2,1-3H3/t10-,14+,15?,16-,17-,22+,27-/m0/s1. The minimum atomic E-state index is -2.01. The van der Waals surface area contributed by atoms with Crippen molar-refractivity contribution in [3.05, 3.63) is 33.4 Å². The first-order chi connectivity index (χ1) is 17.9. The summed E-state index contributed by atoms with van der Waals surface area (Å²) in [5.41, 5.74) is 3.67. The minimum Gasteiger partial charge on any atom is -0.507 e. The smallest absolute Gasteiger partial charge is 0.196 e. The molecule has 0 bridgehead atoms. The summed E-state index contributed by atoms with van der Waals surface area (Å²) in [6.07, 6.45) is -3.57. The van der Waals surface area contributed by atoms with Crippen molar-refractivity contribution in [3.8, 4) is 11.5 Å². The van der Waals surface area contributed by atoms with Crippen LogP contribution in [0.1, 0.15) is 83.9 Å². The van der Waals surface area contributed by atoms with Crippen molar-refractivity contribution in [1.29, 1.82) is 0 Å². The summed E-state index contributed by atoms with van der Waals surface area (Å²) in [6, 6.07) is -0.685. The van der Waals surface area contributed by atoms with Crippen LogP contribution >= 0.6 is 0 Å². The van der Waals surface area contributed by atoms with Gasteiger partial charge in [-0.1, -0.05) is 0 Å². The first-order valence-corrected chi connectivity index (χ1v) is 12.8. The summed E-state index contributed by atoms with van der Waals surface area (Å²) >= 11 is 0. The second-order valence-electron chi connectivity index (χ2n) is 10.8. The highest BCUT2D eigenvalue weighted by Gasteiger charge is 2.52. The molecule has 1 aromatic carbocycles. The highest BCUT2D eigenvalue weighted by atomic mass is 16.7. The van der Waals surface area contributed by atoms with Crippen LogP contribution in [0.3, 0.4) is 0 Å². The van der Waals surface area contributed by atoms with E-state index < -0.39 is 77.6 Å². The predicted molar refractivity (Wildman–Crippen MR) is 131 cm³/mol. The van der Waals surface area contributed by atoms with Gasteiger partial charge < -0.3 is 40.4 Å². The molecule has 3 aliphatic carbocycles. The molecular weight excluding hydrogens is 498 g/mol. The van der Waals surface area contributed by atoms with Crippen LogP contribution in [-0.2, 0) is 25.4 Å². The van der Waals surface area contributed by atoms with Crippen LogP contribution in [0.15, 0.2) is 11.1 Å². The maximum absolute atomic E-state index is 14.0. The largest absolute Gasteiger partial charge is 0.507 e. The maximum Gasteiger partial charge on any atom is 0.196 e. The van der Waals surface area contributed by atoms with E-state index in [1.165, 1.54) is 14.0 Å². The van der Waals surface area contributed by atoms with Crippen LogP contribution in [-0.4, -0.2) is 81.1 Å². The zero-order valence-electron chi connectivity index (χ0n) is 21.5. The number of rotatable bonds is 4. The molecule has 11 heteroatoms. The van der Waals surface area contributed by atoms with Crippen LogP contribution in [0.5, 0.6) is 11.5 Å². The number of ketones is 3. The van der Waals surface area contributed by atoms with Crippen molar-refractivity contribution in [2.75, 3.05) is 7.11 Å². The molecule has 0 spiro atoms. The Kier molecular flexibility index (Phi) is 6.74. The monoisotopic (exact) mass is 531 g/mol. The van der Waals surface area contributed by atoms with E-state index in [1.807, 2.05) is 0 Å². The average Bonchev–Trinajstić information content (AvgIpc) is 2.87. The normalized spacial score (nSPS) is 35.0. The van der Waals surface area contributed by atoms with Crippen LogP contribution < -0.4 is 5.73 Å². The number of aromatic hydroxyl groups is 2. The van der Waals surface area contributed by atoms with E-state index >= 15 is 0 Å². The van der Waals surface area contributed by atoms with Gasteiger partial charge in [-0.05, 0) is 33.1 Å². The third-order valence-corrected chi connectivity index (χ3v) is 8.42. The first kappa shape index (κ1) is 26.9. The highest BCUT2D eigenvalue weighted by Crippen LogP contribution is 2.51. The fourth-order valence-electron chi connectivity index (χ4n) is 6.25. The van der Waals surface area contributed by atoms with Gasteiger partial charge in [0.05, 0.1) is 35.5 Å². The average molecular weight is 532 g/mol. The lowest BCUT2D eigenvalue weighted by Gasteiger charge is -2.42. The molecule has 38 heavy (non-hydrogen) atoms. The fraction of sp³-hybridized carbons (Fsp3) is 0.593. The van der Waals surface area contributed by atoms with Gasteiger partial charge in [-0.15, -0.1) is 0 Å². The van der Waals surface area contributed by atoms with E-state index in [1.54, 1.807) is 6.92 Å². The number of hydrogen-bond donors (Lipinski definition) is 5. The molecule has 6 N–H and O–H groups in total. The quantitative estimate of drug-likeness (QED) is 0.351. The molecule has 5 rings (SSSR count). The Labute approximate surface area is 219 Å². The van der Waals surface area contributed by atoms with E-state index in [4.69, 9.17) is 19.9 Å². The number of ether oxygens (including phenoxy) is 3. The number of phenolic OH excluding ortho intramolecular Hbond substituents is 2. The van der Waals surface area contributed by atoms with E-state index in [-0.39, 0.29) is 40.7 Å². The molecule has 4 aliphatic rings. The Morgan fingerprint density at radius 3 is 2.45 bits per heavy atom. The number of Topliss-reactive ketones (excluding diaryl/α,β-unsaturated/α-hetero) is 3. The summed E-state index contributed by atoms with van der Waals surface area (Å²) in [5, 5.41) is 43.8. The molecule has 0 amide bonds. The Bertz CT molecular complexity index is 1240. The van der Waals surface area contributed by atoms with E-state index in [9.17, 15) is 34.8 Å². The van der Waals surface area contributed by atoms with Crippen LogP contribution in [0, 0.1) is 0 Å². The molecule has 7 atom stereocenters. The molecule has 1 saturated heterocycles. The zero-order valence-corrected chi connectivity index (χ0v) is 21.5. The van der Waals surface area contributed by atoms with Crippen molar-refractivity contribution in [2.24, 2.45) is 5.73 Å². The first-order valence-electron chi connectivity index (χ1n) is 12.8. The number of carbonyl (C=O) groups excluding carboxylic acids is 3. The number of fused-ring (bicyclic) bond motifs is 2. The van der Waals surface area contributed by atoms with Crippen molar-refractivity contribution >= 4 is 17.3 Å². The number of phenols is 2. The van der Waals surface area contributed by atoms with Gasteiger partial charge in [-0.2, -0.15) is 0 Å².